The van der Waals surface area contributed by atoms with Gasteiger partial charge in [0.05, 0.1) is 16.3 Å². The fraction of sp³-hybridized carbons (Fsp3) is 0.0556. The van der Waals surface area contributed by atoms with Crippen molar-refractivity contribution in [1.82, 2.24) is 4.98 Å². The molecule has 0 atom stereocenters. The Morgan fingerprint density at radius 1 is 0.913 bits per heavy atom. The number of pyridine rings is 1. The number of hydrogen-bond donors (Lipinski definition) is 0. The molecule has 5 heteroatoms. The standard InChI is InChI=1S/C18H14FNO2S/c19-17-12-15(9-10-16(17)18-8-4-5-11-20-18)23(21,22)13-14-6-2-1-3-7-14/h1-12H,13H2. The second-order valence-corrected chi connectivity index (χ2v) is 7.09. The van der Waals surface area contributed by atoms with Gasteiger partial charge in [0, 0.05) is 11.8 Å². The van der Waals surface area contributed by atoms with Crippen molar-refractivity contribution in [3.63, 3.8) is 0 Å². The van der Waals surface area contributed by atoms with Crippen molar-refractivity contribution < 1.29 is 12.8 Å². The number of nitrogens with zero attached hydrogens (tertiary/aromatic N) is 1. The minimum atomic E-state index is -3.60. The van der Waals surface area contributed by atoms with E-state index >= 15 is 0 Å². The Bertz CT molecular complexity index is 910. The molecule has 0 amide bonds. The van der Waals surface area contributed by atoms with Crippen molar-refractivity contribution in [3.8, 4) is 11.3 Å². The van der Waals surface area contributed by atoms with Crippen LogP contribution in [0.2, 0.25) is 0 Å². The van der Waals surface area contributed by atoms with Crippen molar-refractivity contribution in [2.24, 2.45) is 0 Å². The van der Waals surface area contributed by atoms with Crippen LogP contribution in [0.3, 0.4) is 0 Å². The second-order valence-electron chi connectivity index (χ2n) is 5.10. The summed E-state index contributed by atoms with van der Waals surface area (Å²) in [6.07, 6.45) is 1.56. The third kappa shape index (κ3) is 3.46. The molecule has 0 spiro atoms. The van der Waals surface area contributed by atoms with Crippen molar-refractivity contribution in [2.75, 3.05) is 0 Å². The molecule has 3 rings (SSSR count). The first kappa shape index (κ1) is 15.4. The lowest BCUT2D eigenvalue weighted by Gasteiger charge is -2.07. The monoisotopic (exact) mass is 327 g/mol. The lowest BCUT2D eigenvalue weighted by Crippen LogP contribution is -2.05. The van der Waals surface area contributed by atoms with Crippen LogP contribution in [0.15, 0.2) is 77.8 Å². The van der Waals surface area contributed by atoms with E-state index in [-0.39, 0.29) is 16.2 Å². The maximum atomic E-state index is 14.3. The quantitative estimate of drug-likeness (QED) is 0.731. The summed E-state index contributed by atoms with van der Waals surface area (Å²) in [4.78, 5) is 4.05. The van der Waals surface area contributed by atoms with E-state index < -0.39 is 15.7 Å². The summed E-state index contributed by atoms with van der Waals surface area (Å²) in [6, 6.07) is 17.9. The average Bonchev–Trinajstić information content (AvgIpc) is 2.56. The molecular weight excluding hydrogens is 313 g/mol. The van der Waals surface area contributed by atoms with Crippen LogP contribution in [-0.4, -0.2) is 13.4 Å². The number of rotatable bonds is 4. The fourth-order valence-electron chi connectivity index (χ4n) is 2.30. The highest BCUT2D eigenvalue weighted by Crippen LogP contribution is 2.25. The third-order valence-corrected chi connectivity index (χ3v) is 5.13. The number of sulfone groups is 1. The Hall–Kier alpha value is -2.53. The molecule has 23 heavy (non-hydrogen) atoms. The summed E-state index contributed by atoms with van der Waals surface area (Å²) in [5, 5.41) is 0. The van der Waals surface area contributed by atoms with E-state index in [0.29, 0.717) is 11.3 Å². The maximum Gasteiger partial charge on any atom is 0.182 e. The summed E-state index contributed by atoms with van der Waals surface area (Å²) < 4.78 is 39.1. The average molecular weight is 327 g/mol. The van der Waals surface area contributed by atoms with Gasteiger partial charge in [-0.2, -0.15) is 0 Å². The van der Waals surface area contributed by atoms with Gasteiger partial charge in [0.25, 0.3) is 0 Å². The van der Waals surface area contributed by atoms with E-state index in [2.05, 4.69) is 4.98 Å². The normalized spacial score (nSPS) is 11.3. The molecule has 0 N–H and O–H groups in total. The second kappa shape index (κ2) is 6.30. The summed E-state index contributed by atoms with van der Waals surface area (Å²) >= 11 is 0. The van der Waals surface area contributed by atoms with Crippen molar-refractivity contribution in [2.45, 2.75) is 10.6 Å². The highest BCUT2D eigenvalue weighted by Gasteiger charge is 2.18. The molecule has 0 aliphatic heterocycles. The van der Waals surface area contributed by atoms with Gasteiger partial charge in [-0.05, 0) is 35.9 Å². The molecule has 0 radical (unpaired) electrons. The summed E-state index contributed by atoms with van der Waals surface area (Å²) in [5.74, 6) is -0.756. The predicted octanol–water partition coefficient (Wildman–Crippen LogP) is 3.86. The fourth-order valence-corrected chi connectivity index (χ4v) is 3.65. The van der Waals surface area contributed by atoms with Gasteiger partial charge in [0.15, 0.2) is 9.84 Å². The molecule has 0 bridgehead atoms. The van der Waals surface area contributed by atoms with Gasteiger partial charge < -0.3 is 0 Å². The molecule has 116 valence electrons. The first-order valence-electron chi connectivity index (χ1n) is 7.04. The van der Waals surface area contributed by atoms with Crippen LogP contribution < -0.4 is 0 Å². The van der Waals surface area contributed by atoms with E-state index in [1.54, 1.807) is 48.7 Å². The van der Waals surface area contributed by atoms with Crippen molar-refractivity contribution in [1.29, 1.82) is 0 Å². The minimum Gasteiger partial charge on any atom is -0.256 e. The smallest absolute Gasteiger partial charge is 0.182 e. The highest BCUT2D eigenvalue weighted by atomic mass is 32.2. The largest absolute Gasteiger partial charge is 0.256 e. The molecule has 0 unspecified atom stereocenters. The van der Waals surface area contributed by atoms with Crippen molar-refractivity contribution in [3.05, 3.63) is 84.3 Å². The van der Waals surface area contributed by atoms with Crippen LogP contribution in [0, 0.1) is 5.82 Å². The third-order valence-electron chi connectivity index (χ3n) is 3.44. The van der Waals surface area contributed by atoms with Gasteiger partial charge in [0.2, 0.25) is 0 Å². The lowest BCUT2D eigenvalue weighted by atomic mass is 10.1. The molecule has 0 saturated heterocycles. The van der Waals surface area contributed by atoms with Gasteiger partial charge >= 0.3 is 0 Å². The molecule has 0 aliphatic carbocycles. The van der Waals surface area contributed by atoms with Crippen molar-refractivity contribution >= 4 is 9.84 Å². The topological polar surface area (TPSA) is 47.0 Å². The van der Waals surface area contributed by atoms with Crippen LogP contribution in [0.5, 0.6) is 0 Å². The molecule has 0 aliphatic rings. The Morgan fingerprint density at radius 3 is 2.30 bits per heavy atom. The van der Waals surface area contributed by atoms with Crippen LogP contribution >= 0.6 is 0 Å². The first-order valence-corrected chi connectivity index (χ1v) is 8.69. The van der Waals surface area contributed by atoms with Gasteiger partial charge in [-0.25, -0.2) is 12.8 Å². The van der Waals surface area contributed by atoms with E-state index in [0.717, 1.165) is 6.07 Å². The SMILES string of the molecule is O=S(=O)(Cc1ccccc1)c1ccc(-c2ccccn2)c(F)c1. The summed E-state index contributed by atoms with van der Waals surface area (Å²) in [6.45, 7) is 0. The first-order chi connectivity index (χ1) is 11.1. The summed E-state index contributed by atoms with van der Waals surface area (Å²) in [7, 11) is -3.60. The zero-order chi connectivity index (χ0) is 16.3. The zero-order valence-electron chi connectivity index (χ0n) is 12.2. The molecular formula is C18H14FNO2S. The molecule has 1 heterocycles. The number of aromatic nitrogens is 1. The Kier molecular flexibility index (Phi) is 4.21. The van der Waals surface area contributed by atoms with Gasteiger partial charge in [-0.3, -0.25) is 4.98 Å². The van der Waals surface area contributed by atoms with Gasteiger partial charge in [0.1, 0.15) is 5.82 Å². The lowest BCUT2D eigenvalue weighted by molar-refractivity contribution is 0.590. The molecule has 3 nitrogen and oxygen atoms in total. The van der Waals surface area contributed by atoms with E-state index in [1.165, 1.54) is 12.1 Å². The van der Waals surface area contributed by atoms with Gasteiger partial charge in [-0.15, -0.1) is 0 Å². The van der Waals surface area contributed by atoms with Crippen LogP contribution in [0.1, 0.15) is 5.56 Å². The molecule has 2 aromatic carbocycles. The molecule has 3 aromatic rings. The van der Waals surface area contributed by atoms with E-state index in [4.69, 9.17) is 0 Å². The molecule has 0 fully saturated rings. The Balaban J connectivity index is 1.94. The number of benzene rings is 2. The van der Waals surface area contributed by atoms with Crippen LogP contribution in [0.4, 0.5) is 4.39 Å². The Labute approximate surface area is 134 Å². The van der Waals surface area contributed by atoms with Gasteiger partial charge in [-0.1, -0.05) is 36.4 Å². The Morgan fingerprint density at radius 2 is 1.65 bits per heavy atom. The zero-order valence-corrected chi connectivity index (χ0v) is 13.0. The van der Waals surface area contributed by atoms with Crippen LogP contribution in [0.25, 0.3) is 11.3 Å². The molecule has 1 aromatic heterocycles. The predicted molar refractivity (Wildman–Crippen MR) is 87.0 cm³/mol. The summed E-state index contributed by atoms with van der Waals surface area (Å²) in [5.41, 5.74) is 1.42. The highest BCUT2D eigenvalue weighted by molar-refractivity contribution is 7.90. The molecule has 0 saturated carbocycles. The number of hydrogen-bond acceptors (Lipinski definition) is 3. The maximum absolute atomic E-state index is 14.3. The minimum absolute atomic E-state index is 0.0291. The van der Waals surface area contributed by atoms with E-state index in [1.807, 2.05) is 6.07 Å². The number of halogens is 1. The van der Waals surface area contributed by atoms with Crippen LogP contribution in [-0.2, 0) is 15.6 Å². The van der Waals surface area contributed by atoms with E-state index in [9.17, 15) is 12.8 Å².